The molecule has 0 radical (unpaired) electrons. The number of rotatable bonds is 5. The van der Waals surface area contributed by atoms with Crippen molar-refractivity contribution in [3.63, 3.8) is 0 Å². The lowest BCUT2D eigenvalue weighted by Gasteiger charge is -2.16. The number of nitrogens with two attached hydrogens (primary N) is 1. The molecule has 0 bridgehead atoms. The molecule has 0 unspecified atom stereocenters. The molecule has 2 rings (SSSR count). The lowest BCUT2D eigenvalue weighted by Crippen LogP contribution is -2.23. The highest BCUT2D eigenvalue weighted by Gasteiger charge is 2.33. The maximum atomic E-state index is 12.6. The van der Waals surface area contributed by atoms with Crippen LogP contribution in [-0.4, -0.2) is 33.0 Å². The second-order valence-electron chi connectivity index (χ2n) is 3.80. The van der Waals surface area contributed by atoms with Crippen LogP contribution in [0, 0.1) is 6.92 Å². The van der Waals surface area contributed by atoms with Gasteiger partial charge in [-0.25, -0.2) is 0 Å². The smallest absolute Gasteiger partial charge is 0.381 e. The number of fused-ring (bicyclic) bond motifs is 1. The van der Waals surface area contributed by atoms with E-state index >= 15 is 0 Å². The summed E-state index contributed by atoms with van der Waals surface area (Å²) in [5.41, 5.74) is 7.16. The first-order valence-corrected chi connectivity index (χ1v) is 7.44. The van der Waals surface area contributed by atoms with Gasteiger partial charge in [0.1, 0.15) is 0 Å². The monoisotopic (exact) mass is 285 g/mol. The molecule has 0 saturated heterocycles. The Morgan fingerprint density at radius 3 is 2.53 bits per heavy atom. The molecule has 0 aliphatic heterocycles. The van der Waals surface area contributed by atoms with Gasteiger partial charge in [-0.1, -0.05) is 0 Å². The van der Waals surface area contributed by atoms with E-state index in [1.54, 1.807) is 26.8 Å². The van der Waals surface area contributed by atoms with E-state index in [2.05, 4.69) is 15.3 Å². The van der Waals surface area contributed by atoms with Crippen LogP contribution in [-0.2, 0) is 13.6 Å². The van der Waals surface area contributed by atoms with Crippen LogP contribution in [0.15, 0.2) is 6.07 Å². The van der Waals surface area contributed by atoms with Crippen molar-refractivity contribution in [3.8, 4) is 0 Å². The number of nitrogen functional groups attached to an aromatic ring is 1. The summed E-state index contributed by atoms with van der Waals surface area (Å²) in [6.07, 6.45) is 0. The Labute approximate surface area is 110 Å². The van der Waals surface area contributed by atoms with Gasteiger partial charge < -0.3 is 14.8 Å². The predicted molar refractivity (Wildman–Crippen MR) is 70.4 cm³/mol. The van der Waals surface area contributed by atoms with Crippen molar-refractivity contribution in [1.29, 1.82) is 0 Å². The Hall–Kier alpha value is -1.50. The molecule has 2 aromatic heterocycles. The molecule has 2 N–H and O–H groups in total. The van der Waals surface area contributed by atoms with Crippen molar-refractivity contribution in [2.75, 3.05) is 18.9 Å². The van der Waals surface area contributed by atoms with Gasteiger partial charge in [-0.3, -0.25) is 4.57 Å². The number of anilines is 1. The van der Waals surface area contributed by atoms with E-state index < -0.39 is 7.60 Å². The molecule has 0 amide bonds. The van der Waals surface area contributed by atoms with Gasteiger partial charge in [-0.05, 0) is 20.8 Å². The SMILES string of the molecule is CCOP(=O)(OCC)c1nnc2cc(C)nn2c1N. The Bertz CT molecular complexity index is 631. The van der Waals surface area contributed by atoms with Crippen LogP contribution in [0.4, 0.5) is 5.82 Å². The maximum Gasteiger partial charge on any atom is 0.385 e. The summed E-state index contributed by atoms with van der Waals surface area (Å²) in [5.74, 6) is 0.114. The van der Waals surface area contributed by atoms with E-state index in [1.165, 1.54) is 4.52 Å². The third kappa shape index (κ3) is 2.47. The van der Waals surface area contributed by atoms with Crippen LogP contribution in [0.1, 0.15) is 19.5 Å². The summed E-state index contributed by atoms with van der Waals surface area (Å²) in [6, 6.07) is 1.72. The molecule has 104 valence electrons. The fraction of sp³-hybridized carbons (Fsp3) is 0.500. The van der Waals surface area contributed by atoms with Crippen LogP contribution in [0.3, 0.4) is 0 Å². The Morgan fingerprint density at radius 1 is 1.32 bits per heavy atom. The summed E-state index contributed by atoms with van der Waals surface area (Å²) >= 11 is 0. The van der Waals surface area contributed by atoms with Crippen molar-refractivity contribution >= 4 is 24.5 Å². The molecule has 2 heterocycles. The van der Waals surface area contributed by atoms with Gasteiger partial charge in [0, 0.05) is 6.07 Å². The van der Waals surface area contributed by atoms with Gasteiger partial charge in [0.05, 0.1) is 18.9 Å². The molecule has 0 aromatic carbocycles. The second-order valence-corrected chi connectivity index (χ2v) is 5.73. The largest absolute Gasteiger partial charge is 0.385 e. The highest BCUT2D eigenvalue weighted by Crippen LogP contribution is 2.47. The average Bonchev–Trinajstić information content (AvgIpc) is 2.71. The van der Waals surface area contributed by atoms with E-state index in [9.17, 15) is 4.57 Å². The quantitative estimate of drug-likeness (QED) is 0.814. The van der Waals surface area contributed by atoms with Crippen LogP contribution < -0.4 is 11.2 Å². The average molecular weight is 285 g/mol. The standard InChI is InChI=1S/C10H16N5O3P/c1-4-17-19(16,18-5-2)10-9(11)15-8(12-13-10)6-7(3)14-15/h6H,4-5,11H2,1-3H3. The van der Waals surface area contributed by atoms with E-state index in [0.717, 1.165) is 5.69 Å². The molecule has 0 saturated carbocycles. The maximum absolute atomic E-state index is 12.6. The van der Waals surface area contributed by atoms with E-state index in [4.69, 9.17) is 14.8 Å². The lowest BCUT2D eigenvalue weighted by atomic mass is 10.5. The molecule has 0 aliphatic carbocycles. The third-order valence-electron chi connectivity index (χ3n) is 2.37. The van der Waals surface area contributed by atoms with Gasteiger partial charge in [0.2, 0.25) is 5.44 Å². The van der Waals surface area contributed by atoms with Crippen molar-refractivity contribution in [2.24, 2.45) is 0 Å². The van der Waals surface area contributed by atoms with Crippen molar-refractivity contribution in [3.05, 3.63) is 11.8 Å². The Balaban J connectivity index is 2.60. The van der Waals surface area contributed by atoms with Crippen LogP contribution >= 0.6 is 7.60 Å². The van der Waals surface area contributed by atoms with Gasteiger partial charge >= 0.3 is 7.60 Å². The summed E-state index contributed by atoms with van der Waals surface area (Å²) in [6.45, 7) is 5.67. The molecule has 0 fully saturated rings. The summed E-state index contributed by atoms with van der Waals surface area (Å²) in [5, 5.41) is 12.0. The van der Waals surface area contributed by atoms with E-state index in [0.29, 0.717) is 5.65 Å². The molecule has 9 heteroatoms. The summed E-state index contributed by atoms with van der Waals surface area (Å²) in [4.78, 5) is 0. The second kappa shape index (κ2) is 5.24. The number of aromatic nitrogens is 4. The van der Waals surface area contributed by atoms with Crippen LogP contribution in [0.25, 0.3) is 5.65 Å². The molecule has 0 atom stereocenters. The zero-order valence-electron chi connectivity index (χ0n) is 11.0. The van der Waals surface area contributed by atoms with Crippen molar-refractivity contribution in [1.82, 2.24) is 19.8 Å². The summed E-state index contributed by atoms with van der Waals surface area (Å²) in [7, 11) is -3.56. The van der Waals surface area contributed by atoms with E-state index in [1.807, 2.05) is 0 Å². The lowest BCUT2D eigenvalue weighted by molar-refractivity contribution is 0.229. The fourth-order valence-corrected chi connectivity index (χ4v) is 3.20. The molecule has 19 heavy (non-hydrogen) atoms. The number of nitrogens with zero attached hydrogens (tertiary/aromatic N) is 4. The minimum Gasteiger partial charge on any atom is -0.381 e. The highest BCUT2D eigenvalue weighted by molar-refractivity contribution is 7.62. The molecular weight excluding hydrogens is 269 g/mol. The minimum absolute atomic E-state index is 0.00759. The molecule has 0 aliphatic rings. The topological polar surface area (TPSA) is 105 Å². The van der Waals surface area contributed by atoms with Crippen LogP contribution in [0.5, 0.6) is 0 Å². The first kappa shape index (κ1) is 13.9. The number of hydrogen-bond acceptors (Lipinski definition) is 7. The molecule has 8 nitrogen and oxygen atoms in total. The summed E-state index contributed by atoms with van der Waals surface area (Å²) < 4.78 is 24.4. The zero-order valence-corrected chi connectivity index (χ0v) is 11.9. The van der Waals surface area contributed by atoms with Crippen LogP contribution in [0.2, 0.25) is 0 Å². The fourth-order valence-electron chi connectivity index (χ4n) is 1.67. The Morgan fingerprint density at radius 2 is 1.95 bits per heavy atom. The van der Waals surface area contributed by atoms with Gasteiger partial charge in [0.15, 0.2) is 11.5 Å². The van der Waals surface area contributed by atoms with Crippen molar-refractivity contribution < 1.29 is 13.6 Å². The van der Waals surface area contributed by atoms with E-state index in [-0.39, 0.29) is 24.5 Å². The molecular formula is C10H16N5O3P. The molecule has 2 aromatic rings. The zero-order chi connectivity index (χ0) is 14.0. The first-order valence-electron chi connectivity index (χ1n) is 5.90. The number of hydrogen-bond donors (Lipinski definition) is 1. The molecule has 0 spiro atoms. The van der Waals surface area contributed by atoms with Gasteiger partial charge in [-0.2, -0.15) is 9.61 Å². The highest BCUT2D eigenvalue weighted by atomic mass is 31.2. The normalized spacial score (nSPS) is 12.2. The predicted octanol–water partition coefficient (Wildman–Crippen LogP) is 0.906. The Kier molecular flexibility index (Phi) is 3.84. The third-order valence-corrected chi connectivity index (χ3v) is 4.41. The number of aryl methyl sites for hydroxylation is 1. The van der Waals surface area contributed by atoms with Gasteiger partial charge in [0.25, 0.3) is 0 Å². The first-order chi connectivity index (χ1) is 9.01. The van der Waals surface area contributed by atoms with Gasteiger partial charge in [-0.15, -0.1) is 10.2 Å². The van der Waals surface area contributed by atoms with Crippen molar-refractivity contribution in [2.45, 2.75) is 20.8 Å². The minimum atomic E-state index is -3.56.